The molecule has 1 unspecified atom stereocenters. The first-order valence-electron chi connectivity index (χ1n) is 6.98. The summed E-state index contributed by atoms with van der Waals surface area (Å²) in [6.45, 7) is 6.31. The van der Waals surface area contributed by atoms with Gasteiger partial charge in [-0.05, 0) is 48.2 Å². The number of rotatable bonds is 8. The van der Waals surface area contributed by atoms with Gasteiger partial charge in [0.25, 0.3) is 0 Å². The molecule has 104 valence electrons. The second-order valence-electron chi connectivity index (χ2n) is 4.72. The van der Waals surface area contributed by atoms with E-state index < -0.39 is 0 Å². The summed E-state index contributed by atoms with van der Waals surface area (Å²) >= 11 is 1.75. The molecule has 2 heterocycles. The molecule has 2 rings (SSSR count). The molecule has 0 saturated heterocycles. The van der Waals surface area contributed by atoms with E-state index in [1.807, 2.05) is 10.9 Å². The zero-order chi connectivity index (χ0) is 13.5. The molecule has 19 heavy (non-hydrogen) atoms. The number of hydrogen-bond acceptors (Lipinski definition) is 4. The van der Waals surface area contributed by atoms with E-state index in [-0.39, 0.29) is 0 Å². The summed E-state index contributed by atoms with van der Waals surface area (Å²) in [7, 11) is 0. The van der Waals surface area contributed by atoms with Gasteiger partial charge in [0.05, 0.1) is 17.9 Å². The summed E-state index contributed by atoms with van der Waals surface area (Å²) < 4.78 is 2.03. The molecule has 4 nitrogen and oxygen atoms in total. The molecule has 0 spiro atoms. The molecule has 0 aliphatic rings. The average Bonchev–Trinajstić information content (AvgIpc) is 3.06. The summed E-state index contributed by atoms with van der Waals surface area (Å²) in [6, 6.07) is 2.50. The van der Waals surface area contributed by atoms with Crippen molar-refractivity contribution in [3.8, 4) is 0 Å². The van der Waals surface area contributed by atoms with Gasteiger partial charge >= 0.3 is 0 Å². The number of hydrogen-bond donors (Lipinski definition) is 1. The molecule has 1 atom stereocenters. The predicted octanol–water partition coefficient (Wildman–Crippen LogP) is 3.03. The minimum absolute atomic E-state index is 0.302. The van der Waals surface area contributed by atoms with Gasteiger partial charge in [-0.1, -0.05) is 19.1 Å². The fourth-order valence-corrected chi connectivity index (χ4v) is 2.85. The molecule has 0 amide bonds. The first kappa shape index (κ1) is 14.2. The van der Waals surface area contributed by atoms with Crippen LogP contribution in [0.2, 0.25) is 0 Å². The molecule has 5 heteroatoms. The second kappa shape index (κ2) is 7.40. The van der Waals surface area contributed by atoms with Gasteiger partial charge in [0.2, 0.25) is 0 Å². The third kappa shape index (κ3) is 3.88. The highest BCUT2D eigenvalue weighted by molar-refractivity contribution is 7.07. The molecule has 0 radical (unpaired) electrons. The average molecular weight is 278 g/mol. The maximum Gasteiger partial charge on any atom is 0.0759 e. The van der Waals surface area contributed by atoms with Gasteiger partial charge in [-0.15, -0.1) is 5.10 Å². The Morgan fingerprint density at radius 2 is 2.26 bits per heavy atom. The van der Waals surface area contributed by atoms with Crippen molar-refractivity contribution in [3.63, 3.8) is 0 Å². The quantitative estimate of drug-likeness (QED) is 0.807. The molecule has 0 fully saturated rings. The Kier molecular flexibility index (Phi) is 5.54. The highest BCUT2D eigenvalue weighted by Gasteiger charge is 2.17. The highest BCUT2D eigenvalue weighted by Crippen LogP contribution is 2.19. The van der Waals surface area contributed by atoms with Gasteiger partial charge < -0.3 is 5.32 Å². The van der Waals surface area contributed by atoms with Crippen molar-refractivity contribution in [1.29, 1.82) is 0 Å². The van der Waals surface area contributed by atoms with Crippen LogP contribution >= 0.6 is 11.3 Å². The van der Waals surface area contributed by atoms with Crippen molar-refractivity contribution in [3.05, 3.63) is 34.3 Å². The zero-order valence-electron chi connectivity index (χ0n) is 11.7. The largest absolute Gasteiger partial charge is 0.308 e. The van der Waals surface area contributed by atoms with Gasteiger partial charge in [0, 0.05) is 6.54 Å². The Morgan fingerprint density at radius 1 is 1.37 bits per heavy atom. The van der Waals surface area contributed by atoms with Gasteiger partial charge in [0.1, 0.15) is 0 Å². The van der Waals surface area contributed by atoms with E-state index in [1.54, 1.807) is 11.3 Å². The van der Waals surface area contributed by atoms with Crippen molar-refractivity contribution < 1.29 is 0 Å². The van der Waals surface area contributed by atoms with Crippen LogP contribution in [0.3, 0.4) is 0 Å². The predicted molar refractivity (Wildman–Crippen MR) is 79.4 cm³/mol. The van der Waals surface area contributed by atoms with E-state index in [1.165, 1.54) is 11.3 Å². The fraction of sp³-hybridized carbons (Fsp3) is 0.571. The molecule has 1 N–H and O–H groups in total. The van der Waals surface area contributed by atoms with Crippen molar-refractivity contribution in [1.82, 2.24) is 20.3 Å². The first-order chi connectivity index (χ1) is 9.35. The standard InChI is InChI=1S/C14H22N4S/c1-3-6-15-13(9-12-5-8-19-11-12)14-10-16-17-18(14)7-4-2/h5,8,10-11,13,15H,3-4,6-7,9H2,1-2H3. The van der Waals surface area contributed by atoms with Gasteiger partial charge in [-0.3, -0.25) is 0 Å². The van der Waals surface area contributed by atoms with Crippen LogP contribution in [-0.4, -0.2) is 21.5 Å². The Bertz CT molecular complexity index is 464. The topological polar surface area (TPSA) is 42.7 Å². The lowest BCUT2D eigenvalue weighted by Crippen LogP contribution is -2.26. The van der Waals surface area contributed by atoms with Crippen molar-refractivity contribution >= 4 is 11.3 Å². The lowest BCUT2D eigenvalue weighted by atomic mass is 10.1. The second-order valence-corrected chi connectivity index (χ2v) is 5.50. The van der Waals surface area contributed by atoms with Crippen LogP contribution in [0.5, 0.6) is 0 Å². The van der Waals surface area contributed by atoms with Crippen LogP contribution in [-0.2, 0) is 13.0 Å². The number of thiophene rings is 1. The number of aryl methyl sites for hydroxylation is 1. The normalized spacial score (nSPS) is 12.7. The Labute approximate surface area is 118 Å². The van der Waals surface area contributed by atoms with E-state index in [0.717, 1.165) is 32.4 Å². The summed E-state index contributed by atoms with van der Waals surface area (Å²) in [4.78, 5) is 0. The summed E-state index contributed by atoms with van der Waals surface area (Å²) in [5.74, 6) is 0. The van der Waals surface area contributed by atoms with E-state index in [4.69, 9.17) is 0 Å². The number of nitrogens with one attached hydrogen (secondary N) is 1. The van der Waals surface area contributed by atoms with Crippen LogP contribution in [0, 0.1) is 0 Å². The lowest BCUT2D eigenvalue weighted by molar-refractivity contribution is 0.465. The minimum atomic E-state index is 0.302. The van der Waals surface area contributed by atoms with E-state index in [9.17, 15) is 0 Å². The van der Waals surface area contributed by atoms with Crippen LogP contribution < -0.4 is 5.32 Å². The number of aromatic nitrogens is 3. The third-order valence-electron chi connectivity index (χ3n) is 3.10. The van der Waals surface area contributed by atoms with E-state index >= 15 is 0 Å². The maximum atomic E-state index is 4.19. The lowest BCUT2D eigenvalue weighted by Gasteiger charge is -2.18. The summed E-state index contributed by atoms with van der Waals surface area (Å²) in [6.07, 6.45) is 5.11. The molecular formula is C14H22N4S. The molecule has 2 aromatic heterocycles. The highest BCUT2D eigenvalue weighted by atomic mass is 32.1. The maximum absolute atomic E-state index is 4.19. The van der Waals surface area contributed by atoms with Gasteiger partial charge in [0.15, 0.2) is 0 Å². The smallest absolute Gasteiger partial charge is 0.0759 e. The fourth-order valence-electron chi connectivity index (χ4n) is 2.17. The van der Waals surface area contributed by atoms with Crippen LogP contribution in [0.25, 0.3) is 0 Å². The molecule has 0 aliphatic heterocycles. The van der Waals surface area contributed by atoms with E-state index in [0.29, 0.717) is 6.04 Å². The SMILES string of the molecule is CCCNC(Cc1ccsc1)c1cnnn1CCC. The monoisotopic (exact) mass is 278 g/mol. The van der Waals surface area contributed by atoms with Crippen LogP contribution in [0.4, 0.5) is 0 Å². The molecular weight excluding hydrogens is 256 g/mol. The molecule has 0 aliphatic carbocycles. The Morgan fingerprint density at radius 3 is 2.95 bits per heavy atom. The molecule has 0 bridgehead atoms. The van der Waals surface area contributed by atoms with Gasteiger partial charge in [-0.25, -0.2) is 4.68 Å². The first-order valence-corrected chi connectivity index (χ1v) is 7.92. The van der Waals surface area contributed by atoms with Gasteiger partial charge in [-0.2, -0.15) is 11.3 Å². The van der Waals surface area contributed by atoms with Crippen molar-refractivity contribution in [2.24, 2.45) is 0 Å². The van der Waals surface area contributed by atoms with Crippen molar-refractivity contribution in [2.75, 3.05) is 6.54 Å². The summed E-state index contributed by atoms with van der Waals surface area (Å²) in [5, 5.41) is 16.2. The van der Waals surface area contributed by atoms with Crippen molar-refractivity contribution in [2.45, 2.75) is 45.7 Å². The molecule has 2 aromatic rings. The van der Waals surface area contributed by atoms with Crippen LogP contribution in [0.1, 0.15) is 44.0 Å². The Hall–Kier alpha value is -1.20. The molecule has 0 aromatic carbocycles. The third-order valence-corrected chi connectivity index (χ3v) is 3.83. The van der Waals surface area contributed by atoms with E-state index in [2.05, 4.69) is 46.3 Å². The summed E-state index contributed by atoms with van der Waals surface area (Å²) in [5.41, 5.74) is 2.57. The zero-order valence-corrected chi connectivity index (χ0v) is 12.5. The van der Waals surface area contributed by atoms with Crippen LogP contribution in [0.15, 0.2) is 23.0 Å². The molecule has 0 saturated carbocycles. The number of nitrogens with zero attached hydrogens (tertiary/aromatic N) is 3. The Balaban J connectivity index is 2.13. The minimum Gasteiger partial charge on any atom is -0.308 e.